The molecule has 6 heteroatoms. The standard InChI is InChI=1S/C22H30N6/c1-16(19-12-8-10-17-9-6-7-11-20(17)19)26-22(23-2)24-14-21(27(3)4)18-13-25-28(5)15-18/h6-13,15-16,21H,14H2,1-5H3,(H2,23,24,26). The maximum Gasteiger partial charge on any atom is 0.191 e. The maximum atomic E-state index is 4.42. The molecule has 0 radical (unpaired) electrons. The summed E-state index contributed by atoms with van der Waals surface area (Å²) in [7, 11) is 7.90. The number of hydrogen-bond donors (Lipinski definition) is 2. The molecule has 2 unspecified atom stereocenters. The van der Waals surface area contributed by atoms with Crippen LogP contribution in [-0.2, 0) is 7.05 Å². The van der Waals surface area contributed by atoms with Crippen LogP contribution in [0.25, 0.3) is 10.8 Å². The number of fused-ring (bicyclic) bond motifs is 1. The van der Waals surface area contributed by atoms with Crippen molar-refractivity contribution in [1.82, 2.24) is 25.3 Å². The van der Waals surface area contributed by atoms with E-state index in [9.17, 15) is 0 Å². The van der Waals surface area contributed by atoms with E-state index in [1.54, 1.807) is 7.05 Å². The first kappa shape index (κ1) is 19.9. The van der Waals surface area contributed by atoms with Crippen molar-refractivity contribution in [3.63, 3.8) is 0 Å². The fraction of sp³-hybridized carbons (Fsp3) is 0.364. The number of hydrogen-bond acceptors (Lipinski definition) is 3. The Morgan fingerprint density at radius 3 is 2.61 bits per heavy atom. The van der Waals surface area contributed by atoms with E-state index in [4.69, 9.17) is 0 Å². The average molecular weight is 379 g/mol. The summed E-state index contributed by atoms with van der Waals surface area (Å²) < 4.78 is 1.83. The van der Waals surface area contributed by atoms with Crippen molar-refractivity contribution in [2.45, 2.75) is 19.0 Å². The van der Waals surface area contributed by atoms with Gasteiger partial charge in [-0.15, -0.1) is 0 Å². The van der Waals surface area contributed by atoms with Gasteiger partial charge in [0.2, 0.25) is 0 Å². The van der Waals surface area contributed by atoms with Gasteiger partial charge in [-0.3, -0.25) is 9.67 Å². The molecule has 0 spiro atoms. The topological polar surface area (TPSA) is 57.5 Å². The number of guanidine groups is 1. The van der Waals surface area contributed by atoms with Gasteiger partial charge in [0.1, 0.15) is 0 Å². The van der Waals surface area contributed by atoms with Gasteiger partial charge in [0.05, 0.1) is 18.3 Å². The Balaban J connectivity index is 1.70. The first-order valence-electron chi connectivity index (χ1n) is 9.59. The van der Waals surface area contributed by atoms with Crippen LogP contribution in [0, 0.1) is 0 Å². The Morgan fingerprint density at radius 2 is 1.93 bits per heavy atom. The van der Waals surface area contributed by atoms with E-state index in [0.29, 0.717) is 0 Å². The summed E-state index contributed by atoms with van der Waals surface area (Å²) in [4.78, 5) is 6.60. The highest BCUT2D eigenvalue weighted by Crippen LogP contribution is 2.24. The van der Waals surface area contributed by atoms with E-state index >= 15 is 0 Å². The molecule has 28 heavy (non-hydrogen) atoms. The molecule has 3 rings (SSSR count). The third-order valence-corrected chi connectivity index (χ3v) is 5.06. The van der Waals surface area contributed by atoms with Gasteiger partial charge in [-0.05, 0) is 37.4 Å². The molecule has 0 saturated heterocycles. The molecule has 1 aromatic heterocycles. The third kappa shape index (κ3) is 4.51. The number of benzene rings is 2. The predicted octanol–water partition coefficient (Wildman–Crippen LogP) is 3.10. The van der Waals surface area contributed by atoms with Gasteiger partial charge in [0.25, 0.3) is 0 Å². The monoisotopic (exact) mass is 378 g/mol. The van der Waals surface area contributed by atoms with Crippen LogP contribution in [-0.4, -0.2) is 48.3 Å². The van der Waals surface area contributed by atoms with Crippen molar-refractivity contribution in [1.29, 1.82) is 0 Å². The lowest BCUT2D eigenvalue weighted by molar-refractivity contribution is 0.298. The summed E-state index contributed by atoms with van der Waals surface area (Å²) in [6, 6.07) is 15.2. The molecule has 3 aromatic rings. The number of likely N-dealkylation sites (N-methyl/N-ethyl adjacent to an activating group) is 1. The van der Waals surface area contributed by atoms with Gasteiger partial charge in [-0.2, -0.15) is 5.10 Å². The Hall–Kier alpha value is -2.86. The third-order valence-electron chi connectivity index (χ3n) is 5.06. The molecule has 6 nitrogen and oxygen atoms in total. The summed E-state index contributed by atoms with van der Waals surface area (Å²) >= 11 is 0. The quantitative estimate of drug-likeness (QED) is 0.511. The normalized spacial score (nSPS) is 14.3. The summed E-state index contributed by atoms with van der Waals surface area (Å²) in [5, 5.41) is 13.8. The lowest BCUT2D eigenvalue weighted by Gasteiger charge is -2.26. The first-order chi connectivity index (χ1) is 13.5. The van der Waals surface area contributed by atoms with Crippen molar-refractivity contribution in [2.24, 2.45) is 12.0 Å². The SMILES string of the molecule is CN=C(NCC(c1cnn(C)c1)N(C)C)NC(C)c1cccc2ccccc12. The van der Waals surface area contributed by atoms with E-state index in [1.807, 2.05) is 17.9 Å². The second-order valence-electron chi connectivity index (χ2n) is 7.31. The smallest absolute Gasteiger partial charge is 0.191 e. The lowest BCUT2D eigenvalue weighted by atomic mass is 10.00. The van der Waals surface area contributed by atoms with E-state index in [1.165, 1.54) is 21.9 Å². The van der Waals surface area contributed by atoms with Gasteiger partial charge in [0, 0.05) is 32.4 Å². The van der Waals surface area contributed by atoms with Gasteiger partial charge < -0.3 is 15.5 Å². The molecular weight excluding hydrogens is 348 g/mol. The van der Waals surface area contributed by atoms with E-state index in [2.05, 4.69) is 95.3 Å². The van der Waals surface area contributed by atoms with E-state index in [0.717, 1.165) is 12.5 Å². The minimum atomic E-state index is 0.133. The molecule has 0 bridgehead atoms. The van der Waals surface area contributed by atoms with Crippen molar-refractivity contribution >= 4 is 16.7 Å². The zero-order valence-corrected chi connectivity index (χ0v) is 17.3. The van der Waals surface area contributed by atoms with Crippen molar-refractivity contribution in [2.75, 3.05) is 27.7 Å². The van der Waals surface area contributed by atoms with Crippen LogP contribution in [0.3, 0.4) is 0 Å². The number of aromatic nitrogens is 2. The second kappa shape index (κ2) is 8.89. The highest BCUT2D eigenvalue weighted by Gasteiger charge is 2.17. The minimum absolute atomic E-state index is 0.133. The summed E-state index contributed by atoms with van der Waals surface area (Å²) in [6.45, 7) is 2.90. The van der Waals surface area contributed by atoms with Crippen molar-refractivity contribution in [3.8, 4) is 0 Å². The Kier molecular flexibility index (Phi) is 6.31. The Bertz CT molecular complexity index is 938. The number of nitrogens with zero attached hydrogens (tertiary/aromatic N) is 4. The number of nitrogens with one attached hydrogen (secondary N) is 2. The van der Waals surface area contributed by atoms with Crippen LogP contribution >= 0.6 is 0 Å². The van der Waals surface area contributed by atoms with Crippen molar-refractivity contribution < 1.29 is 0 Å². The Morgan fingerprint density at radius 1 is 1.18 bits per heavy atom. The summed E-state index contributed by atoms with van der Waals surface area (Å²) in [5.41, 5.74) is 2.44. The highest BCUT2D eigenvalue weighted by molar-refractivity contribution is 5.87. The van der Waals surface area contributed by atoms with Crippen LogP contribution in [0.2, 0.25) is 0 Å². The molecule has 0 amide bonds. The van der Waals surface area contributed by atoms with Gasteiger partial charge >= 0.3 is 0 Å². The van der Waals surface area contributed by atoms with Crippen LogP contribution in [0.1, 0.15) is 30.1 Å². The number of aryl methyl sites for hydroxylation is 1. The number of rotatable bonds is 6. The molecule has 2 N–H and O–H groups in total. The van der Waals surface area contributed by atoms with Crippen LogP contribution in [0.5, 0.6) is 0 Å². The molecule has 0 aliphatic carbocycles. The molecule has 2 atom stereocenters. The number of aliphatic imine (C=N–C) groups is 1. The fourth-order valence-electron chi connectivity index (χ4n) is 3.51. The molecule has 1 heterocycles. The van der Waals surface area contributed by atoms with Crippen LogP contribution < -0.4 is 10.6 Å². The molecule has 0 aliphatic heterocycles. The fourth-order valence-corrected chi connectivity index (χ4v) is 3.51. The highest BCUT2D eigenvalue weighted by atomic mass is 15.3. The molecule has 0 aliphatic rings. The van der Waals surface area contributed by atoms with Gasteiger partial charge in [0.15, 0.2) is 5.96 Å². The largest absolute Gasteiger partial charge is 0.354 e. The first-order valence-corrected chi connectivity index (χ1v) is 9.59. The average Bonchev–Trinajstić information content (AvgIpc) is 3.12. The van der Waals surface area contributed by atoms with Crippen molar-refractivity contribution in [3.05, 3.63) is 66.0 Å². The Labute approximate surface area is 167 Å². The molecular formula is C22H30N6. The summed E-state index contributed by atoms with van der Waals surface area (Å²) in [6.07, 6.45) is 3.97. The molecule has 0 saturated carbocycles. The second-order valence-corrected chi connectivity index (χ2v) is 7.31. The van der Waals surface area contributed by atoms with Gasteiger partial charge in [-0.1, -0.05) is 42.5 Å². The van der Waals surface area contributed by atoms with E-state index in [-0.39, 0.29) is 12.1 Å². The molecule has 2 aromatic carbocycles. The maximum absolute atomic E-state index is 4.42. The van der Waals surface area contributed by atoms with Gasteiger partial charge in [-0.25, -0.2) is 0 Å². The van der Waals surface area contributed by atoms with Crippen LogP contribution in [0.15, 0.2) is 59.9 Å². The van der Waals surface area contributed by atoms with E-state index < -0.39 is 0 Å². The van der Waals surface area contributed by atoms with Crippen LogP contribution in [0.4, 0.5) is 0 Å². The summed E-state index contributed by atoms with van der Waals surface area (Å²) in [5.74, 6) is 0.788. The molecule has 148 valence electrons. The minimum Gasteiger partial charge on any atom is -0.354 e. The molecule has 0 fully saturated rings. The zero-order chi connectivity index (χ0) is 20.1. The predicted molar refractivity (Wildman–Crippen MR) is 116 cm³/mol. The zero-order valence-electron chi connectivity index (χ0n) is 17.3. The lowest BCUT2D eigenvalue weighted by Crippen LogP contribution is -2.42.